The number of nitrogens with two attached hydrogens (primary N) is 1. The fraction of sp³-hybridized carbons (Fsp3) is 0.556. The molecule has 0 bridgehead atoms. The predicted molar refractivity (Wildman–Crippen MR) is 72.7 cm³/mol. The van der Waals surface area contributed by atoms with Crippen molar-refractivity contribution in [2.75, 3.05) is 12.3 Å². The zero-order chi connectivity index (χ0) is 15.4. The number of fused-ring (bicyclic) bond motifs is 1. The van der Waals surface area contributed by atoms with Crippen molar-refractivity contribution in [1.82, 2.24) is 9.55 Å². The van der Waals surface area contributed by atoms with E-state index >= 15 is 0 Å². The SMILES string of the molecule is Nc1nc(=O)n([C@@H]2O[C@@H]3CO[P+](O)(O)O[C@H]3[C@H]2O)cc1Br. The smallest absolute Gasteiger partial charge is 0.385 e. The third-order valence-electron chi connectivity index (χ3n) is 3.18. The monoisotopic (exact) mass is 384 g/mol. The Morgan fingerprint density at radius 3 is 2.95 bits per heavy atom. The lowest BCUT2D eigenvalue weighted by molar-refractivity contribution is -0.0763. The summed E-state index contributed by atoms with van der Waals surface area (Å²) < 4.78 is 16.5. The summed E-state index contributed by atoms with van der Waals surface area (Å²) >= 11 is 3.13. The largest absolute Gasteiger partial charge is 0.570 e. The first-order valence-corrected chi connectivity index (χ1v) is 8.16. The number of anilines is 1. The van der Waals surface area contributed by atoms with Gasteiger partial charge in [0.2, 0.25) is 0 Å². The van der Waals surface area contributed by atoms with Crippen LogP contribution in [-0.2, 0) is 13.8 Å². The second-order valence-electron chi connectivity index (χ2n) is 4.58. The van der Waals surface area contributed by atoms with Crippen molar-refractivity contribution in [2.24, 2.45) is 0 Å². The van der Waals surface area contributed by atoms with Crippen LogP contribution in [0.1, 0.15) is 6.23 Å². The maximum absolute atomic E-state index is 11.9. The molecule has 4 atom stereocenters. The molecule has 116 valence electrons. The Morgan fingerprint density at radius 1 is 1.52 bits per heavy atom. The van der Waals surface area contributed by atoms with E-state index in [4.69, 9.17) is 19.5 Å². The summed E-state index contributed by atoms with van der Waals surface area (Å²) in [5, 5.41) is 10.2. The highest BCUT2D eigenvalue weighted by Crippen LogP contribution is 2.58. The molecule has 1 aromatic rings. The van der Waals surface area contributed by atoms with Crippen LogP contribution in [0.3, 0.4) is 0 Å². The second kappa shape index (κ2) is 5.21. The van der Waals surface area contributed by atoms with Crippen LogP contribution in [0.2, 0.25) is 0 Å². The van der Waals surface area contributed by atoms with Gasteiger partial charge in [-0.3, -0.25) is 4.57 Å². The maximum atomic E-state index is 11.9. The molecule has 0 radical (unpaired) electrons. The molecule has 2 fully saturated rings. The summed E-state index contributed by atoms with van der Waals surface area (Å²) in [7, 11) is -3.96. The standard InChI is InChI=1S/C9H11BrN3O7P/c10-3-1-13(9(15)12-7(3)11)8-5(14)6-4(19-8)2-18-21(16,17)20-6/h1,4-6,8,14,16-17H,2H2,(H-,11,12,15)/p+1/t4-,5-,6-,8-/m1/s1. The van der Waals surface area contributed by atoms with E-state index < -0.39 is 38.4 Å². The van der Waals surface area contributed by atoms with Crippen LogP contribution in [0.5, 0.6) is 0 Å². The summed E-state index contributed by atoms with van der Waals surface area (Å²) in [6, 6.07) is 0. The first-order chi connectivity index (χ1) is 9.78. The molecule has 2 aliphatic rings. The molecular weight excluding hydrogens is 373 g/mol. The third-order valence-corrected chi connectivity index (χ3v) is 4.80. The lowest BCUT2D eigenvalue weighted by atomic mass is 10.1. The van der Waals surface area contributed by atoms with Gasteiger partial charge in [0, 0.05) is 6.20 Å². The normalized spacial score (nSPS) is 34.7. The Balaban J connectivity index is 1.92. The molecule has 5 N–H and O–H groups in total. The first-order valence-electron chi connectivity index (χ1n) is 5.84. The van der Waals surface area contributed by atoms with Crippen LogP contribution in [0, 0.1) is 0 Å². The van der Waals surface area contributed by atoms with Gasteiger partial charge in [-0.1, -0.05) is 0 Å². The average molecular weight is 385 g/mol. The number of aliphatic hydroxyl groups is 1. The highest BCUT2D eigenvalue weighted by molar-refractivity contribution is 9.10. The number of rotatable bonds is 1. The molecular formula is C9H12BrN3O7P+. The van der Waals surface area contributed by atoms with Crippen LogP contribution >= 0.6 is 24.1 Å². The molecule has 10 nitrogen and oxygen atoms in total. The van der Waals surface area contributed by atoms with Gasteiger partial charge in [0.15, 0.2) is 12.3 Å². The minimum atomic E-state index is -3.96. The van der Waals surface area contributed by atoms with Crippen molar-refractivity contribution in [3.8, 4) is 0 Å². The van der Waals surface area contributed by atoms with Gasteiger partial charge in [-0.25, -0.2) is 4.79 Å². The van der Waals surface area contributed by atoms with Gasteiger partial charge in [-0.2, -0.15) is 19.3 Å². The van der Waals surface area contributed by atoms with E-state index in [9.17, 15) is 19.7 Å². The van der Waals surface area contributed by atoms with Crippen LogP contribution in [0.15, 0.2) is 15.5 Å². The van der Waals surface area contributed by atoms with Crippen molar-refractivity contribution >= 4 is 29.9 Å². The van der Waals surface area contributed by atoms with Gasteiger partial charge in [0.1, 0.15) is 24.6 Å². The van der Waals surface area contributed by atoms with E-state index in [1.165, 1.54) is 6.20 Å². The predicted octanol–water partition coefficient (Wildman–Crippen LogP) is -1.08. The summed E-state index contributed by atoms with van der Waals surface area (Å²) in [5.41, 5.74) is 4.78. The third kappa shape index (κ3) is 2.71. The molecule has 0 amide bonds. The highest BCUT2D eigenvalue weighted by atomic mass is 79.9. The molecule has 3 rings (SSSR count). The van der Waals surface area contributed by atoms with Crippen molar-refractivity contribution in [2.45, 2.75) is 24.5 Å². The molecule has 0 aliphatic carbocycles. The molecule has 21 heavy (non-hydrogen) atoms. The van der Waals surface area contributed by atoms with Crippen molar-refractivity contribution < 1.29 is 28.7 Å². The molecule has 3 heterocycles. The number of ether oxygens (including phenoxy) is 1. The zero-order valence-electron chi connectivity index (χ0n) is 10.4. The van der Waals surface area contributed by atoms with Gasteiger partial charge in [0.05, 0.1) is 4.47 Å². The van der Waals surface area contributed by atoms with Gasteiger partial charge in [0.25, 0.3) is 0 Å². The topological polar surface area (TPSA) is 149 Å². The van der Waals surface area contributed by atoms with Crippen LogP contribution in [0.25, 0.3) is 0 Å². The summed E-state index contributed by atoms with van der Waals surface area (Å²) in [6.07, 6.45) is -2.82. The Hall–Kier alpha value is -0.650. The van der Waals surface area contributed by atoms with Crippen LogP contribution in [-0.4, -0.2) is 49.4 Å². The number of nitrogens with zero attached hydrogens (tertiary/aromatic N) is 2. The average Bonchev–Trinajstić information content (AvgIpc) is 2.70. The van der Waals surface area contributed by atoms with E-state index in [1.54, 1.807) is 0 Å². The summed E-state index contributed by atoms with van der Waals surface area (Å²) in [4.78, 5) is 34.2. The minimum absolute atomic E-state index is 0.0106. The molecule has 0 unspecified atom stereocenters. The fourth-order valence-corrected chi connectivity index (χ4v) is 3.50. The van der Waals surface area contributed by atoms with Gasteiger partial charge in [-0.15, -0.1) is 4.52 Å². The number of aliphatic hydroxyl groups excluding tert-OH is 1. The van der Waals surface area contributed by atoms with E-state index in [-0.39, 0.29) is 12.4 Å². The van der Waals surface area contributed by atoms with Gasteiger partial charge >= 0.3 is 13.9 Å². The van der Waals surface area contributed by atoms with E-state index in [2.05, 4.69) is 20.9 Å². The maximum Gasteiger partial charge on any atom is 0.570 e. The molecule has 0 aromatic carbocycles. The van der Waals surface area contributed by atoms with Crippen molar-refractivity contribution in [3.63, 3.8) is 0 Å². The molecule has 2 aliphatic heterocycles. The summed E-state index contributed by atoms with van der Waals surface area (Å²) in [6.45, 7) is -0.169. The Labute approximate surface area is 126 Å². The molecule has 2 saturated heterocycles. The number of aromatic nitrogens is 2. The van der Waals surface area contributed by atoms with Gasteiger partial charge < -0.3 is 15.6 Å². The van der Waals surface area contributed by atoms with Crippen molar-refractivity contribution in [1.29, 1.82) is 0 Å². The molecule has 0 saturated carbocycles. The lowest BCUT2D eigenvalue weighted by Crippen LogP contribution is -2.41. The Bertz CT molecular complexity index is 626. The molecule has 12 heteroatoms. The van der Waals surface area contributed by atoms with Gasteiger partial charge in [-0.05, 0) is 15.9 Å². The fourth-order valence-electron chi connectivity index (χ4n) is 2.21. The highest BCUT2D eigenvalue weighted by Gasteiger charge is 2.59. The van der Waals surface area contributed by atoms with E-state index in [0.717, 1.165) is 4.57 Å². The zero-order valence-corrected chi connectivity index (χ0v) is 12.8. The molecule has 0 spiro atoms. The number of halogens is 1. The molecule has 1 aromatic heterocycles. The minimum Gasteiger partial charge on any atom is -0.385 e. The lowest BCUT2D eigenvalue weighted by Gasteiger charge is -2.24. The van der Waals surface area contributed by atoms with Crippen LogP contribution in [0.4, 0.5) is 5.82 Å². The number of hydrogen-bond donors (Lipinski definition) is 4. The second-order valence-corrected chi connectivity index (χ2v) is 6.88. The number of hydrogen-bond acceptors (Lipinski definition) is 9. The summed E-state index contributed by atoms with van der Waals surface area (Å²) in [5.74, 6) is 0.0106. The Morgan fingerprint density at radius 2 is 2.24 bits per heavy atom. The quantitative estimate of drug-likeness (QED) is 0.443. The van der Waals surface area contributed by atoms with E-state index in [0.29, 0.717) is 4.47 Å². The Kier molecular flexibility index (Phi) is 3.79. The van der Waals surface area contributed by atoms with Crippen LogP contribution < -0.4 is 11.4 Å². The number of nitrogen functional groups attached to an aromatic ring is 1. The van der Waals surface area contributed by atoms with E-state index in [1.807, 2.05) is 0 Å². The van der Waals surface area contributed by atoms with Crippen molar-refractivity contribution in [3.05, 3.63) is 21.2 Å². The first kappa shape index (κ1) is 15.3.